The third-order valence-corrected chi connectivity index (χ3v) is 11.8. The van der Waals surface area contributed by atoms with Crippen molar-refractivity contribution in [1.29, 1.82) is 0 Å². The van der Waals surface area contributed by atoms with Gasteiger partial charge in [-0.15, -0.1) is 0 Å². The van der Waals surface area contributed by atoms with E-state index in [1.54, 1.807) is 26.8 Å². The number of carbonyl (C=O) groups is 4. The van der Waals surface area contributed by atoms with Gasteiger partial charge < -0.3 is 29.7 Å². The van der Waals surface area contributed by atoms with Crippen LogP contribution in [0.4, 0.5) is 19.7 Å². The van der Waals surface area contributed by atoms with Crippen LogP contribution in [0.15, 0.2) is 48.1 Å². The van der Waals surface area contributed by atoms with E-state index in [-0.39, 0.29) is 49.6 Å². The number of halogens is 1. The lowest BCUT2D eigenvalue weighted by Crippen LogP contribution is -2.69. The molecular weight excluding hydrogens is 655 g/mol. The second-order valence-corrected chi connectivity index (χ2v) is 14.5. The second-order valence-electron chi connectivity index (χ2n) is 14.5. The summed E-state index contributed by atoms with van der Waals surface area (Å²) in [7, 11) is 0. The van der Waals surface area contributed by atoms with Gasteiger partial charge in [0.2, 0.25) is 5.78 Å². The number of unbranched alkanes of at least 4 members (excludes halogenated alkanes) is 3. The van der Waals surface area contributed by atoms with Crippen LogP contribution in [0.3, 0.4) is 0 Å². The summed E-state index contributed by atoms with van der Waals surface area (Å²) in [4.78, 5) is 60.0. The maximum absolute atomic E-state index is 17.3. The van der Waals surface area contributed by atoms with Gasteiger partial charge in [-0.2, -0.15) is 0 Å². The van der Waals surface area contributed by atoms with Crippen LogP contribution in [0.25, 0.3) is 0 Å². The monoisotopic (exact) mass is 700 g/mol. The number of amides is 1. The number of hydrogen-bond acceptors (Lipinski definition) is 11. The molecule has 272 valence electrons. The molecule has 4 aliphatic rings. The minimum atomic E-state index is -2.08. The number of benzene rings is 1. The number of ketones is 2. The molecule has 0 saturated heterocycles. The standard InChI is InChI=1S/C36H45FN2O11/c1-22-18-28-27-13-8-23-19-25(40)14-15-33(23,2)35(27,37)29(41)20-34(28,3)36(22,45)30(42)21-49-31(43)38-16-6-4-5-7-17-48-32(44)50-26-11-9-24(10-12-26)39(46)47/h8-12,14-15,22,27-29,41,45H,4-7,13,16-21H2,1-3H3,(H,38,43)/t22-,27?,28?,29?,33?,34?,35+,36+/m1/s1. The molecule has 1 amide bonds. The van der Waals surface area contributed by atoms with Gasteiger partial charge >= 0.3 is 12.2 Å². The van der Waals surface area contributed by atoms with E-state index in [0.29, 0.717) is 37.7 Å². The molecule has 4 aliphatic carbocycles. The predicted molar refractivity (Wildman–Crippen MR) is 176 cm³/mol. The fourth-order valence-electron chi connectivity index (χ4n) is 9.03. The van der Waals surface area contributed by atoms with Gasteiger partial charge in [-0.1, -0.05) is 38.0 Å². The third kappa shape index (κ3) is 6.43. The largest absolute Gasteiger partial charge is 0.513 e. The van der Waals surface area contributed by atoms with Crippen molar-refractivity contribution in [2.75, 3.05) is 19.8 Å². The Morgan fingerprint density at radius 2 is 1.78 bits per heavy atom. The highest BCUT2D eigenvalue weighted by Gasteiger charge is 2.75. The van der Waals surface area contributed by atoms with Crippen molar-refractivity contribution in [3.63, 3.8) is 0 Å². The molecule has 8 atom stereocenters. The average Bonchev–Trinajstić information content (AvgIpc) is 3.27. The Morgan fingerprint density at radius 3 is 2.48 bits per heavy atom. The van der Waals surface area contributed by atoms with Crippen LogP contribution in [-0.2, 0) is 19.1 Å². The van der Waals surface area contributed by atoms with Crippen LogP contribution in [0, 0.1) is 38.7 Å². The van der Waals surface area contributed by atoms with Crippen LogP contribution < -0.4 is 10.1 Å². The zero-order chi connectivity index (χ0) is 36.5. The molecular formula is C36H45FN2O11. The molecule has 5 rings (SSSR count). The molecule has 2 saturated carbocycles. The van der Waals surface area contributed by atoms with E-state index < -0.39 is 75.5 Å². The lowest BCUT2D eigenvalue weighted by atomic mass is 9.45. The Labute approximate surface area is 289 Å². The first-order valence-corrected chi connectivity index (χ1v) is 17.1. The van der Waals surface area contributed by atoms with E-state index in [9.17, 15) is 39.5 Å². The van der Waals surface area contributed by atoms with Crippen LogP contribution in [0.2, 0.25) is 0 Å². The maximum atomic E-state index is 17.3. The highest BCUT2D eigenvalue weighted by molar-refractivity contribution is 5.94. The van der Waals surface area contributed by atoms with Gasteiger partial charge in [0.15, 0.2) is 18.1 Å². The molecule has 5 unspecified atom stereocenters. The van der Waals surface area contributed by atoms with Gasteiger partial charge in [-0.05, 0) is 75.5 Å². The number of alkyl carbamates (subject to hydrolysis) is 1. The highest BCUT2D eigenvalue weighted by atomic mass is 19.1. The van der Waals surface area contributed by atoms with Crippen molar-refractivity contribution in [1.82, 2.24) is 5.32 Å². The number of aliphatic hydroxyl groups is 2. The Kier molecular flexibility index (Phi) is 10.5. The molecule has 0 radical (unpaired) electrons. The molecule has 0 spiro atoms. The molecule has 1 aromatic carbocycles. The second kappa shape index (κ2) is 14.2. The SMILES string of the molecule is C[C@@H]1CC2C3CC=C4CC(=O)C=CC4(C)[C@@]3(F)C(O)CC2(C)[C@@]1(O)C(=O)COC(=O)NCCCCCCOC(=O)Oc1ccc([N+](=O)[O-])cc1. The zero-order valence-corrected chi connectivity index (χ0v) is 28.5. The first-order valence-electron chi connectivity index (χ1n) is 17.1. The van der Waals surface area contributed by atoms with E-state index in [4.69, 9.17) is 14.2 Å². The molecule has 50 heavy (non-hydrogen) atoms. The summed E-state index contributed by atoms with van der Waals surface area (Å²) >= 11 is 0. The van der Waals surface area contributed by atoms with Crippen molar-refractivity contribution in [3.05, 3.63) is 58.2 Å². The molecule has 1 aromatic rings. The summed E-state index contributed by atoms with van der Waals surface area (Å²) in [5.74, 6) is -2.41. The van der Waals surface area contributed by atoms with Crippen LogP contribution in [0.5, 0.6) is 5.75 Å². The normalized spacial score (nSPS) is 34.0. The zero-order valence-electron chi connectivity index (χ0n) is 28.5. The number of fused-ring (bicyclic) bond motifs is 5. The van der Waals surface area contributed by atoms with Gasteiger partial charge in [-0.3, -0.25) is 19.7 Å². The smallest absolute Gasteiger partial charge is 0.441 e. The van der Waals surface area contributed by atoms with Gasteiger partial charge in [0, 0.05) is 41.8 Å². The van der Waals surface area contributed by atoms with Crippen molar-refractivity contribution >= 4 is 29.5 Å². The predicted octanol–water partition coefficient (Wildman–Crippen LogP) is 5.31. The van der Waals surface area contributed by atoms with Crippen LogP contribution in [-0.4, -0.2) is 76.1 Å². The van der Waals surface area contributed by atoms with Crippen LogP contribution in [0.1, 0.15) is 72.1 Å². The third-order valence-electron chi connectivity index (χ3n) is 11.8. The number of ether oxygens (including phenoxy) is 3. The number of Topliss-reactive ketones (excluding diaryl/α,β-unsaturated/α-hetero) is 1. The summed E-state index contributed by atoms with van der Waals surface area (Å²) in [6, 6.07) is 5.01. The van der Waals surface area contributed by atoms with Crippen LogP contribution >= 0.6 is 0 Å². The maximum Gasteiger partial charge on any atom is 0.513 e. The topological polar surface area (TPSA) is 192 Å². The van der Waals surface area contributed by atoms with Crippen molar-refractivity contribution in [2.24, 2.45) is 28.6 Å². The molecule has 0 bridgehead atoms. The van der Waals surface area contributed by atoms with E-state index in [2.05, 4.69) is 5.32 Å². The number of allylic oxidation sites excluding steroid dienone is 4. The summed E-state index contributed by atoms with van der Waals surface area (Å²) in [6.45, 7) is 4.84. The first-order chi connectivity index (χ1) is 23.6. The highest BCUT2D eigenvalue weighted by Crippen LogP contribution is 2.70. The molecule has 13 nitrogen and oxygen atoms in total. The minimum Gasteiger partial charge on any atom is -0.441 e. The lowest BCUT2D eigenvalue weighted by molar-refractivity contribution is -0.384. The van der Waals surface area contributed by atoms with Crippen molar-refractivity contribution < 1.29 is 52.9 Å². The number of non-ortho nitro benzene ring substituents is 1. The summed E-state index contributed by atoms with van der Waals surface area (Å²) < 4.78 is 32.5. The van der Waals surface area contributed by atoms with E-state index >= 15 is 4.39 Å². The summed E-state index contributed by atoms with van der Waals surface area (Å²) in [6.07, 6.45) is 4.63. The number of nitrogens with zero attached hydrogens (tertiary/aromatic N) is 1. The Morgan fingerprint density at radius 1 is 1.08 bits per heavy atom. The number of hydrogen-bond donors (Lipinski definition) is 3. The Balaban J connectivity index is 1.04. The summed E-state index contributed by atoms with van der Waals surface area (Å²) in [5.41, 5.74) is -5.88. The minimum absolute atomic E-state index is 0.0977. The van der Waals surface area contributed by atoms with E-state index in [0.717, 1.165) is 0 Å². The molecule has 0 heterocycles. The Hall–Kier alpha value is -4.17. The molecule has 14 heteroatoms. The first kappa shape index (κ1) is 37.1. The number of nitro groups is 1. The molecule has 2 fully saturated rings. The van der Waals surface area contributed by atoms with Gasteiger partial charge in [0.05, 0.1) is 17.6 Å². The Bertz CT molecular complexity index is 1580. The molecule has 0 aliphatic heterocycles. The number of nitrogens with one attached hydrogen (secondary N) is 1. The fraction of sp³-hybridized carbons (Fsp3) is 0.611. The lowest BCUT2D eigenvalue weighted by Gasteiger charge is -2.62. The van der Waals surface area contributed by atoms with E-state index in [1.165, 1.54) is 30.3 Å². The van der Waals surface area contributed by atoms with Gasteiger partial charge in [0.25, 0.3) is 5.69 Å². The number of carbonyl (C=O) groups excluding carboxylic acids is 4. The number of aliphatic hydroxyl groups excluding tert-OH is 1. The molecule has 3 N–H and O–H groups in total. The van der Waals surface area contributed by atoms with Gasteiger partial charge in [-0.25, -0.2) is 14.0 Å². The quantitative estimate of drug-likeness (QED) is 0.0639. The van der Waals surface area contributed by atoms with Crippen molar-refractivity contribution in [2.45, 2.75) is 89.5 Å². The van der Waals surface area contributed by atoms with Gasteiger partial charge in [0.1, 0.15) is 11.4 Å². The number of nitro benzene ring substituents is 1. The average molecular weight is 701 g/mol. The fourth-order valence-corrected chi connectivity index (χ4v) is 9.03. The number of rotatable bonds is 12. The number of alkyl halides is 1. The van der Waals surface area contributed by atoms with E-state index in [1.807, 2.05) is 6.08 Å². The van der Waals surface area contributed by atoms with Crippen molar-refractivity contribution in [3.8, 4) is 5.75 Å². The summed E-state index contributed by atoms with van der Waals surface area (Å²) in [5, 5.41) is 36.8. The molecule has 0 aromatic heterocycles.